The zero-order valence-electron chi connectivity index (χ0n) is 10.1. The monoisotopic (exact) mass is 458 g/mol. The molecule has 1 unspecified atom stereocenters. The second kappa shape index (κ2) is 8.84. The van der Waals surface area contributed by atoms with E-state index < -0.39 is 16.2 Å². The predicted octanol–water partition coefficient (Wildman–Crippen LogP) is -1.08. The van der Waals surface area contributed by atoms with Gasteiger partial charge in [-0.2, -0.15) is 0 Å². The molecule has 19 heavy (non-hydrogen) atoms. The van der Waals surface area contributed by atoms with E-state index in [4.69, 9.17) is 14.9 Å². The molecule has 7 nitrogen and oxygen atoms in total. The number of hydrogen-bond acceptors (Lipinski definition) is 4. The zero-order chi connectivity index (χ0) is 13.5. The van der Waals surface area contributed by atoms with Gasteiger partial charge in [0, 0.05) is 0 Å². The first-order valence-electron chi connectivity index (χ1n) is 5.23. The van der Waals surface area contributed by atoms with E-state index in [9.17, 15) is 9.59 Å². The van der Waals surface area contributed by atoms with E-state index >= 15 is 0 Å². The quantitative estimate of drug-likeness (QED) is 0.469. The Morgan fingerprint density at radius 3 is 2.58 bits per heavy atom. The number of aliphatic carboxylic acids is 1. The van der Waals surface area contributed by atoms with Crippen molar-refractivity contribution in [2.24, 2.45) is 0 Å². The van der Waals surface area contributed by atoms with Gasteiger partial charge in [-0.1, -0.05) is 0 Å². The number of benzene rings is 1. The molecule has 0 spiro atoms. The van der Waals surface area contributed by atoms with Crippen molar-refractivity contribution in [2.75, 3.05) is 13.2 Å². The fourth-order valence-electron chi connectivity index (χ4n) is 1.23. The number of ether oxygens (including phenoxy) is 1. The topological polar surface area (TPSA) is 127 Å². The molecule has 0 aliphatic rings. The SMILES string of the molecule is O.O=C(O)COc1ccccc1C(=O)NC[CH](O)[Hg]. The van der Waals surface area contributed by atoms with Crippen molar-refractivity contribution in [3.05, 3.63) is 29.8 Å². The number of aliphatic hydroxyl groups excluding tert-OH is 1. The van der Waals surface area contributed by atoms with Crippen molar-refractivity contribution in [3.63, 3.8) is 0 Å². The fraction of sp³-hybridized carbons (Fsp3) is 0.273. The van der Waals surface area contributed by atoms with Gasteiger partial charge >= 0.3 is 120 Å². The molecule has 1 aromatic rings. The van der Waals surface area contributed by atoms with Crippen molar-refractivity contribution in [3.8, 4) is 5.75 Å². The number of carbonyl (C=O) groups is 2. The molecule has 1 rings (SSSR count). The van der Waals surface area contributed by atoms with Crippen molar-refractivity contribution in [1.29, 1.82) is 0 Å². The second-order valence-corrected chi connectivity index (χ2v) is 7.21. The zero-order valence-corrected chi connectivity index (χ0v) is 15.6. The van der Waals surface area contributed by atoms with Crippen LogP contribution in [0.25, 0.3) is 0 Å². The Bertz CT molecular complexity index is 437. The summed E-state index contributed by atoms with van der Waals surface area (Å²) in [5, 5.41) is 20.2. The number of carboxylic acids is 1. The summed E-state index contributed by atoms with van der Waals surface area (Å²) in [6.07, 6.45) is 0. The molecule has 0 fully saturated rings. The second-order valence-electron chi connectivity index (χ2n) is 3.54. The van der Waals surface area contributed by atoms with Gasteiger partial charge in [-0.05, 0) is 0 Å². The molecule has 0 aliphatic carbocycles. The van der Waals surface area contributed by atoms with Gasteiger partial charge in [0.05, 0.1) is 0 Å². The van der Waals surface area contributed by atoms with Crippen LogP contribution < -0.4 is 10.1 Å². The molecule has 0 aliphatic heterocycles. The van der Waals surface area contributed by atoms with E-state index in [2.05, 4.69) is 5.32 Å². The van der Waals surface area contributed by atoms with Crippen LogP contribution >= 0.6 is 0 Å². The van der Waals surface area contributed by atoms with Crippen LogP contribution in [0.3, 0.4) is 0 Å². The molecular weight excluding hydrogens is 443 g/mol. The maximum atomic E-state index is 11.8. The van der Waals surface area contributed by atoms with E-state index in [1.807, 2.05) is 0 Å². The number of hydrogen-bond donors (Lipinski definition) is 3. The summed E-state index contributed by atoms with van der Waals surface area (Å²) < 4.78 is 4.56. The molecular formula is C11H14HgNO6. The normalized spacial score (nSPS) is 11.1. The number of carboxylic acid groups (broad SMARTS) is 1. The fourth-order valence-corrected chi connectivity index (χ4v) is 1.79. The van der Waals surface area contributed by atoms with Crippen LogP contribution in [0.1, 0.15) is 10.4 Å². The van der Waals surface area contributed by atoms with Gasteiger partial charge in [-0.25, -0.2) is 0 Å². The van der Waals surface area contributed by atoms with E-state index in [1.54, 1.807) is 12.1 Å². The van der Waals surface area contributed by atoms with Gasteiger partial charge in [0.15, 0.2) is 0 Å². The number of amides is 1. The van der Waals surface area contributed by atoms with Crippen molar-refractivity contribution >= 4 is 11.9 Å². The summed E-state index contributed by atoms with van der Waals surface area (Å²) in [4.78, 5) is 22.2. The van der Waals surface area contributed by atoms with Gasteiger partial charge in [0.25, 0.3) is 0 Å². The van der Waals surface area contributed by atoms with Gasteiger partial charge in [-0.3, -0.25) is 0 Å². The molecule has 0 saturated heterocycles. The summed E-state index contributed by atoms with van der Waals surface area (Å²) in [5.74, 6) is -1.28. The van der Waals surface area contributed by atoms with Crippen LogP contribution in [0, 0.1) is 0 Å². The first kappa shape index (κ1) is 17.8. The molecule has 1 atom stereocenters. The average molecular weight is 457 g/mol. The molecule has 0 saturated carbocycles. The maximum absolute atomic E-state index is 11.8. The Labute approximate surface area is 125 Å². The van der Waals surface area contributed by atoms with Gasteiger partial charge in [-0.15, -0.1) is 0 Å². The average Bonchev–Trinajstić information content (AvgIpc) is 2.33. The Morgan fingerprint density at radius 1 is 1.37 bits per heavy atom. The van der Waals surface area contributed by atoms with Gasteiger partial charge in [0.2, 0.25) is 0 Å². The van der Waals surface area contributed by atoms with Crippen molar-refractivity contribution < 1.29 is 56.1 Å². The summed E-state index contributed by atoms with van der Waals surface area (Å²) in [5.41, 5.74) is 0.257. The predicted molar refractivity (Wildman–Crippen MR) is 61.5 cm³/mol. The third kappa shape index (κ3) is 6.51. The van der Waals surface area contributed by atoms with E-state index in [1.165, 1.54) is 12.1 Å². The van der Waals surface area contributed by atoms with Crippen LogP contribution in [-0.4, -0.2) is 44.3 Å². The molecule has 1 aromatic carbocycles. The summed E-state index contributed by atoms with van der Waals surface area (Å²) in [6.45, 7) is -0.300. The van der Waals surface area contributed by atoms with E-state index in [-0.39, 0.29) is 55.4 Å². The molecule has 1 amide bonds. The number of carbonyl (C=O) groups excluding carboxylic acids is 1. The molecule has 0 aromatic heterocycles. The Balaban J connectivity index is 0.00000324. The van der Waals surface area contributed by atoms with Gasteiger partial charge in [0.1, 0.15) is 0 Å². The van der Waals surface area contributed by atoms with Crippen LogP contribution in [-0.2, 0) is 30.9 Å². The molecule has 5 N–H and O–H groups in total. The van der Waals surface area contributed by atoms with E-state index in [0.717, 1.165) is 0 Å². The molecule has 0 heterocycles. The standard InChI is InChI=1S/C11H12NO5.Hg.H2O/c13-6-5-12-11(16)8-3-1-2-4-9(8)17-7-10(14)15;;/h1-4,6,13H,5,7H2,(H,12,16)(H,14,15);;1H2. The summed E-state index contributed by atoms with van der Waals surface area (Å²) in [6, 6.07) is 6.37. The number of rotatable bonds is 6. The van der Waals surface area contributed by atoms with Crippen molar-refractivity contribution in [1.82, 2.24) is 5.32 Å². The number of para-hydroxylation sites is 1. The van der Waals surface area contributed by atoms with Crippen LogP contribution in [0.5, 0.6) is 5.75 Å². The van der Waals surface area contributed by atoms with Crippen molar-refractivity contribution in [2.45, 2.75) is 3.61 Å². The third-order valence-electron chi connectivity index (χ3n) is 1.98. The number of nitrogens with one attached hydrogen (secondary N) is 1. The molecule has 0 radical (unpaired) electrons. The Kier molecular flexibility index (Phi) is 8.29. The van der Waals surface area contributed by atoms with Crippen LogP contribution in [0.4, 0.5) is 0 Å². The number of aliphatic hydroxyl groups is 1. The molecule has 8 heteroatoms. The van der Waals surface area contributed by atoms with Crippen LogP contribution in [0.2, 0.25) is 0 Å². The summed E-state index contributed by atoms with van der Waals surface area (Å²) >= 11 is 0.173. The third-order valence-corrected chi connectivity index (χ3v) is 3.10. The first-order chi connectivity index (χ1) is 8.50. The Hall–Kier alpha value is -1.18. The summed E-state index contributed by atoms with van der Waals surface area (Å²) in [7, 11) is 0. The van der Waals surface area contributed by atoms with Crippen LogP contribution in [0.15, 0.2) is 24.3 Å². The Morgan fingerprint density at radius 2 is 2.00 bits per heavy atom. The minimum absolute atomic E-state index is 0. The molecule has 0 bridgehead atoms. The minimum atomic E-state index is -1.11. The van der Waals surface area contributed by atoms with E-state index in [0.29, 0.717) is 0 Å². The molecule has 101 valence electrons. The van der Waals surface area contributed by atoms with Gasteiger partial charge < -0.3 is 5.48 Å². The first-order valence-corrected chi connectivity index (χ1v) is 8.41.